The van der Waals surface area contributed by atoms with Crippen LogP contribution in [0.15, 0.2) is 6.07 Å². The summed E-state index contributed by atoms with van der Waals surface area (Å²) < 4.78 is 0. The lowest BCUT2D eigenvalue weighted by Crippen LogP contribution is -2.28. The maximum atomic E-state index is 11.7. The SMILES string of the molecule is CCC(Cc1c([N+](=O)[O-])cc(C(N)=O)c(C(N)=S)c1C(N)=S)C[N+](=O)[O-]. The lowest BCUT2D eigenvalue weighted by Gasteiger charge is -2.18. The maximum Gasteiger partial charge on any atom is 0.274 e. The molecule has 0 aliphatic carbocycles. The molecule has 0 fully saturated rings. The summed E-state index contributed by atoms with van der Waals surface area (Å²) in [5, 5.41) is 22.4. The molecule has 1 unspecified atom stereocenters. The molecule has 1 aromatic carbocycles. The maximum absolute atomic E-state index is 11.7. The highest BCUT2D eigenvalue weighted by atomic mass is 32.1. The summed E-state index contributed by atoms with van der Waals surface area (Å²) in [6.45, 7) is 1.32. The third-order valence-electron chi connectivity index (χ3n) is 3.84. The number of benzene rings is 1. The van der Waals surface area contributed by atoms with Crippen LogP contribution in [0.3, 0.4) is 0 Å². The van der Waals surface area contributed by atoms with E-state index in [9.17, 15) is 25.0 Å². The summed E-state index contributed by atoms with van der Waals surface area (Å²) >= 11 is 9.91. The molecule has 1 amide bonds. The van der Waals surface area contributed by atoms with Crippen LogP contribution in [0.2, 0.25) is 0 Å². The largest absolute Gasteiger partial charge is 0.389 e. The lowest BCUT2D eigenvalue weighted by atomic mass is 9.87. The van der Waals surface area contributed by atoms with Gasteiger partial charge in [0.05, 0.1) is 10.5 Å². The molecule has 0 saturated heterocycles. The Kier molecular flexibility index (Phi) is 7.03. The van der Waals surface area contributed by atoms with Gasteiger partial charge in [0.15, 0.2) is 0 Å². The number of thiocarbonyl (C=S) groups is 2. The van der Waals surface area contributed by atoms with Gasteiger partial charge in [-0.3, -0.25) is 25.0 Å². The van der Waals surface area contributed by atoms with Crippen molar-refractivity contribution in [3.63, 3.8) is 0 Å². The predicted octanol–water partition coefficient (Wildman–Crippen LogP) is 0.808. The number of hydrogen-bond acceptors (Lipinski definition) is 7. The Bertz CT molecular complexity index is 811. The van der Waals surface area contributed by atoms with Crippen LogP contribution < -0.4 is 17.2 Å². The fraction of sp³-hybridized carbons (Fsp3) is 0.357. The first-order chi connectivity index (χ1) is 12.0. The number of nitrogens with two attached hydrogens (primary N) is 3. The van der Waals surface area contributed by atoms with Crippen LogP contribution in [-0.4, -0.2) is 32.3 Å². The number of carbonyl (C=O) groups is 1. The number of hydrogen-bond donors (Lipinski definition) is 3. The quantitative estimate of drug-likeness (QED) is 0.307. The van der Waals surface area contributed by atoms with E-state index < -0.39 is 33.9 Å². The molecule has 0 spiro atoms. The van der Waals surface area contributed by atoms with Crippen molar-refractivity contribution in [2.75, 3.05) is 6.54 Å². The van der Waals surface area contributed by atoms with Gasteiger partial charge in [-0.1, -0.05) is 31.4 Å². The first-order valence-electron chi connectivity index (χ1n) is 7.36. The summed E-state index contributed by atoms with van der Waals surface area (Å²) in [5.74, 6) is -1.51. The highest BCUT2D eigenvalue weighted by molar-refractivity contribution is 7.81. The van der Waals surface area contributed by atoms with E-state index >= 15 is 0 Å². The van der Waals surface area contributed by atoms with Gasteiger partial charge < -0.3 is 17.2 Å². The zero-order valence-corrected chi connectivity index (χ0v) is 15.4. The second-order valence-corrected chi connectivity index (χ2v) is 6.40. The standard InChI is InChI=1S/C14H17N5O5S2/c1-2-6(5-18(21)22)3-7-9(19(23)24)4-8(12(15)20)11(14(17)26)10(7)13(16)25/h4,6H,2-3,5H2,1H3,(H2,15,20)(H2,16,25)(H2,17,26). The van der Waals surface area contributed by atoms with Crippen molar-refractivity contribution in [1.82, 2.24) is 0 Å². The van der Waals surface area contributed by atoms with E-state index in [0.717, 1.165) is 6.07 Å². The molecule has 0 heterocycles. The smallest absolute Gasteiger partial charge is 0.274 e. The van der Waals surface area contributed by atoms with Gasteiger partial charge in [0.2, 0.25) is 12.5 Å². The van der Waals surface area contributed by atoms with Crippen molar-refractivity contribution in [2.24, 2.45) is 23.1 Å². The molecule has 1 atom stereocenters. The lowest BCUT2D eigenvalue weighted by molar-refractivity contribution is -0.488. The van der Waals surface area contributed by atoms with Crippen LogP contribution in [0.5, 0.6) is 0 Å². The van der Waals surface area contributed by atoms with Gasteiger partial charge >= 0.3 is 0 Å². The summed E-state index contributed by atoms with van der Waals surface area (Å²) in [7, 11) is 0. The molecule has 0 aliphatic rings. The first-order valence-corrected chi connectivity index (χ1v) is 8.18. The molecule has 1 aromatic rings. The van der Waals surface area contributed by atoms with Crippen molar-refractivity contribution < 1.29 is 14.6 Å². The summed E-state index contributed by atoms with van der Waals surface area (Å²) in [4.78, 5) is 32.3. The number of nitro benzene ring substituents is 1. The Labute approximate surface area is 159 Å². The van der Waals surface area contributed by atoms with E-state index in [1.54, 1.807) is 6.92 Å². The van der Waals surface area contributed by atoms with Crippen LogP contribution in [0, 0.1) is 26.1 Å². The minimum atomic E-state index is -0.989. The van der Waals surface area contributed by atoms with E-state index in [0.29, 0.717) is 6.42 Å². The van der Waals surface area contributed by atoms with Crippen molar-refractivity contribution in [3.8, 4) is 0 Å². The molecule has 0 radical (unpaired) electrons. The highest BCUT2D eigenvalue weighted by Gasteiger charge is 2.31. The van der Waals surface area contributed by atoms with E-state index in [4.69, 9.17) is 41.6 Å². The van der Waals surface area contributed by atoms with E-state index in [2.05, 4.69) is 0 Å². The average Bonchev–Trinajstić information content (AvgIpc) is 2.51. The minimum Gasteiger partial charge on any atom is -0.389 e. The third-order valence-corrected chi connectivity index (χ3v) is 4.25. The van der Waals surface area contributed by atoms with Gasteiger partial charge in [0.25, 0.3) is 5.69 Å². The molecule has 6 N–H and O–H groups in total. The summed E-state index contributed by atoms with van der Waals surface area (Å²) in [5.41, 5.74) is 15.9. The molecule has 26 heavy (non-hydrogen) atoms. The Hall–Kier alpha value is -2.73. The van der Waals surface area contributed by atoms with Crippen molar-refractivity contribution >= 4 is 46.0 Å². The minimum absolute atomic E-state index is 0.0442. The third kappa shape index (κ3) is 4.67. The molecule has 0 bridgehead atoms. The fourth-order valence-electron chi connectivity index (χ4n) is 2.64. The van der Waals surface area contributed by atoms with E-state index in [1.165, 1.54) is 0 Å². The zero-order valence-electron chi connectivity index (χ0n) is 13.8. The molecule has 0 aliphatic heterocycles. The molecule has 0 saturated carbocycles. The topological polar surface area (TPSA) is 181 Å². The highest BCUT2D eigenvalue weighted by Crippen LogP contribution is 2.32. The van der Waals surface area contributed by atoms with Gasteiger partial charge in [-0.25, -0.2) is 0 Å². The average molecular weight is 399 g/mol. The Morgan fingerprint density at radius 3 is 2.04 bits per heavy atom. The normalized spacial score (nSPS) is 11.6. The molecular formula is C14H17N5O5S2. The van der Waals surface area contributed by atoms with Gasteiger partial charge in [0, 0.05) is 33.6 Å². The van der Waals surface area contributed by atoms with E-state index in [1.807, 2.05) is 0 Å². The second-order valence-electron chi connectivity index (χ2n) is 5.52. The molecule has 10 nitrogen and oxygen atoms in total. The Balaban J connectivity index is 3.85. The van der Waals surface area contributed by atoms with Crippen LogP contribution in [-0.2, 0) is 6.42 Å². The summed E-state index contributed by atoms with van der Waals surface area (Å²) in [6, 6.07) is 0.951. The number of primary amides is 1. The molecule has 1 rings (SSSR count). The number of carbonyl (C=O) groups excluding carboxylic acids is 1. The van der Waals surface area contributed by atoms with Crippen molar-refractivity contribution in [3.05, 3.63) is 48.5 Å². The second kappa shape index (κ2) is 8.58. The Morgan fingerprint density at radius 2 is 1.69 bits per heavy atom. The fourth-order valence-corrected chi connectivity index (χ4v) is 3.08. The van der Waals surface area contributed by atoms with Crippen LogP contribution in [0.25, 0.3) is 0 Å². The summed E-state index contributed by atoms with van der Waals surface area (Å²) in [6.07, 6.45) is 0.323. The van der Waals surface area contributed by atoms with Crippen LogP contribution >= 0.6 is 24.4 Å². The van der Waals surface area contributed by atoms with Gasteiger partial charge in [-0.05, 0) is 12.8 Å². The van der Waals surface area contributed by atoms with E-state index in [-0.39, 0.29) is 38.7 Å². The number of nitrogens with zero attached hydrogens (tertiary/aromatic N) is 2. The molecule has 140 valence electrons. The number of amides is 1. The van der Waals surface area contributed by atoms with Crippen LogP contribution in [0.4, 0.5) is 5.69 Å². The number of nitro groups is 2. The van der Waals surface area contributed by atoms with Crippen LogP contribution in [0.1, 0.15) is 40.4 Å². The first kappa shape index (κ1) is 21.3. The monoisotopic (exact) mass is 399 g/mol. The Morgan fingerprint density at radius 1 is 1.15 bits per heavy atom. The van der Waals surface area contributed by atoms with Crippen molar-refractivity contribution in [1.29, 1.82) is 0 Å². The van der Waals surface area contributed by atoms with Gasteiger partial charge in [-0.2, -0.15) is 0 Å². The molecular weight excluding hydrogens is 382 g/mol. The zero-order chi connectivity index (χ0) is 20.2. The number of rotatable bonds is 9. The van der Waals surface area contributed by atoms with Gasteiger partial charge in [-0.15, -0.1) is 0 Å². The van der Waals surface area contributed by atoms with Crippen molar-refractivity contribution in [2.45, 2.75) is 19.8 Å². The molecule has 0 aromatic heterocycles. The van der Waals surface area contributed by atoms with Gasteiger partial charge in [0.1, 0.15) is 9.98 Å². The predicted molar refractivity (Wildman–Crippen MR) is 103 cm³/mol. The molecule has 12 heteroatoms.